The molecular formula is C14H14ClF4NO. The van der Waals surface area contributed by atoms with E-state index in [0.29, 0.717) is 18.7 Å². The maximum atomic E-state index is 13.2. The summed E-state index contributed by atoms with van der Waals surface area (Å²) in [6, 6.07) is 2.29. The van der Waals surface area contributed by atoms with Crippen LogP contribution in [0.2, 0.25) is 0 Å². The molecule has 21 heavy (non-hydrogen) atoms. The van der Waals surface area contributed by atoms with Gasteiger partial charge in [-0.3, -0.25) is 4.79 Å². The molecule has 0 saturated heterocycles. The number of amides is 1. The van der Waals surface area contributed by atoms with Gasteiger partial charge in [0.2, 0.25) is 0 Å². The predicted molar refractivity (Wildman–Crippen MR) is 70.7 cm³/mol. The normalized spacial score (nSPS) is 21.8. The van der Waals surface area contributed by atoms with Crippen LogP contribution in [-0.2, 0) is 6.18 Å². The molecule has 0 atom stereocenters. The first-order chi connectivity index (χ1) is 9.68. The Morgan fingerprint density at radius 3 is 2.52 bits per heavy atom. The fourth-order valence-corrected chi connectivity index (χ4v) is 2.87. The summed E-state index contributed by atoms with van der Waals surface area (Å²) >= 11 is 5.84. The van der Waals surface area contributed by atoms with Crippen molar-refractivity contribution >= 4 is 17.5 Å². The van der Waals surface area contributed by atoms with Crippen molar-refractivity contribution in [2.75, 3.05) is 13.6 Å². The van der Waals surface area contributed by atoms with Crippen LogP contribution in [0.4, 0.5) is 17.6 Å². The molecule has 1 fully saturated rings. The molecule has 0 unspecified atom stereocenters. The van der Waals surface area contributed by atoms with Crippen molar-refractivity contribution in [1.82, 2.24) is 4.90 Å². The van der Waals surface area contributed by atoms with Gasteiger partial charge in [0.15, 0.2) is 0 Å². The maximum absolute atomic E-state index is 13.2. The van der Waals surface area contributed by atoms with Gasteiger partial charge in [-0.15, -0.1) is 11.6 Å². The Balaban J connectivity index is 2.12. The van der Waals surface area contributed by atoms with E-state index in [2.05, 4.69) is 0 Å². The third-order valence-electron chi connectivity index (χ3n) is 3.58. The molecule has 1 aliphatic rings. The standard InChI is InChI=1S/C14H14ClF4NO/c1-20(7-8-4-10(15)5-8)13(21)9-2-3-12(16)11(6-9)14(17,18)19/h2-3,6,8,10H,4-5,7H2,1H3. The van der Waals surface area contributed by atoms with Gasteiger partial charge in [0.25, 0.3) is 5.91 Å². The number of alkyl halides is 4. The summed E-state index contributed by atoms with van der Waals surface area (Å²) < 4.78 is 51.1. The molecule has 1 aromatic carbocycles. The smallest absolute Gasteiger partial charge is 0.341 e. The number of hydrogen-bond acceptors (Lipinski definition) is 1. The Bertz CT molecular complexity index is 540. The number of carbonyl (C=O) groups is 1. The average Bonchev–Trinajstić information content (AvgIpc) is 2.35. The monoisotopic (exact) mass is 323 g/mol. The van der Waals surface area contributed by atoms with Gasteiger partial charge in [0.1, 0.15) is 5.82 Å². The van der Waals surface area contributed by atoms with Crippen molar-refractivity contribution in [1.29, 1.82) is 0 Å². The number of halogens is 5. The van der Waals surface area contributed by atoms with Crippen molar-refractivity contribution in [3.05, 3.63) is 35.1 Å². The molecule has 1 saturated carbocycles. The van der Waals surface area contributed by atoms with Gasteiger partial charge >= 0.3 is 6.18 Å². The molecule has 1 aromatic rings. The van der Waals surface area contributed by atoms with Crippen molar-refractivity contribution in [2.45, 2.75) is 24.4 Å². The fourth-order valence-electron chi connectivity index (χ4n) is 2.37. The summed E-state index contributed by atoms with van der Waals surface area (Å²) in [5.74, 6) is -1.67. The quantitative estimate of drug-likeness (QED) is 0.609. The average molecular weight is 324 g/mol. The molecule has 0 aliphatic heterocycles. The van der Waals surface area contributed by atoms with Crippen LogP contribution in [0.3, 0.4) is 0 Å². The molecule has 0 heterocycles. The lowest BCUT2D eigenvalue weighted by Crippen LogP contribution is -2.38. The second-order valence-electron chi connectivity index (χ2n) is 5.31. The number of benzene rings is 1. The largest absolute Gasteiger partial charge is 0.419 e. The van der Waals surface area contributed by atoms with Gasteiger partial charge in [0, 0.05) is 24.5 Å². The molecule has 1 aliphatic carbocycles. The molecule has 0 radical (unpaired) electrons. The van der Waals surface area contributed by atoms with Crippen LogP contribution in [-0.4, -0.2) is 29.8 Å². The van der Waals surface area contributed by atoms with E-state index in [4.69, 9.17) is 11.6 Å². The minimum absolute atomic E-state index is 0.112. The minimum Gasteiger partial charge on any atom is -0.341 e. The zero-order valence-electron chi connectivity index (χ0n) is 11.3. The third kappa shape index (κ3) is 3.67. The Hall–Kier alpha value is -1.30. The van der Waals surface area contributed by atoms with Crippen molar-refractivity contribution in [3.8, 4) is 0 Å². The van der Waals surface area contributed by atoms with Gasteiger partial charge in [-0.1, -0.05) is 0 Å². The highest BCUT2D eigenvalue weighted by molar-refractivity contribution is 6.21. The maximum Gasteiger partial charge on any atom is 0.419 e. The highest BCUT2D eigenvalue weighted by Gasteiger charge is 2.35. The molecule has 0 spiro atoms. The summed E-state index contributed by atoms with van der Waals surface area (Å²) in [6.45, 7) is 0.431. The molecule has 2 nitrogen and oxygen atoms in total. The summed E-state index contributed by atoms with van der Waals surface area (Å²) in [4.78, 5) is 13.4. The zero-order chi connectivity index (χ0) is 15.8. The van der Waals surface area contributed by atoms with Gasteiger partial charge in [-0.05, 0) is 37.0 Å². The van der Waals surface area contributed by atoms with Crippen LogP contribution in [0.15, 0.2) is 18.2 Å². The molecule has 0 bridgehead atoms. The number of carbonyl (C=O) groups excluding carboxylic acids is 1. The lowest BCUT2D eigenvalue weighted by molar-refractivity contribution is -0.140. The Morgan fingerprint density at radius 2 is 2.00 bits per heavy atom. The van der Waals surface area contributed by atoms with Crippen LogP contribution < -0.4 is 0 Å². The predicted octanol–water partition coefficient (Wildman–Crippen LogP) is 3.93. The zero-order valence-corrected chi connectivity index (χ0v) is 12.0. The Morgan fingerprint density at radius 1 is 1.38 bits per heavy atom. The molecule has 2 rings (SSSR count). The Kier molecular flexibility index (Phi) is 4.46. The van der Waals surface area contributed by atoms with E-state index in [-0.39, 0.29) is 16.9 Å². The second-order valence-corrected chi connectivity index (χ2v) is 5.93. The Labute approximate surface area is 124 Å². The van der Waals surface area contributed by atoms with Gasteiger partial charge in [-0.2, -0.15) is 13.2 Å². The van der Waals surface area contributed by atoms with Crippen LogP contribution in [0, 0.1) is 11.7 Å². The minimum atomic E-state index is -4.82. The van der Waals surface area contributed by atoms with E-state index in [1.165, 1.54) is 11.9 Å². The number of nitrogens with zero attached hydrogens (tertiary/aromatic N) is 1. The highest BCUT2D eigenvalue weighted by atomic mass is 35.5. The molecule has 0 aromatic heterocycles. The van der Waals surface area contributed by atoms with Crippen LogP contribution >= 0.6 is 11.6 Å². The molecule has 7 heteroatoms. The third-order valence-corrected chi connectivity index (χ3v) is 3.93. The first-order valence-corrected chi connectivity index (χ1v) is 6.88. The lowest BCUT2D eigenvalue weighted by Gasteiger charge is -2.34. The van der Waals surface area contributed by atoms with E-state index < -0.39 is 23.5 Å². The van der Waals surface area contributed by atoms with E-state index in [1.54, 1.807) is 0 Å². The van der Waals surface area contributed by atoms with Crippen molar-refractivity contribution in [3.63, 3.8) is 0 Å². The summed E-state index contributed by atoms with van der Waals surface area (Å²) in [5.41, 5.74) is -1.60. The fraction of sp³-hybridized carbons (Fsp3) is 0.500. The van der Waals surface area contributed by atoms with E-state index in [1.807, 2.05) is 0 Å². The van der Waals surface area contributed by atoms with Gasteiger partial charge in [-0.25, -0.2) is 4.39 Å². The van der Waals surface area contributed by atoms with Gasteiger partial charge < -0.3 is 4.90 Å². The molecule has 0 N–H and O–H groups in total. The molecule has 116 valence electrons. The number of hydrogen-bond donors (Lipinski definition) is 0. The van der Waals surface area contributed by atoms with E-state index in [9.17, 15) is 22.4 Å². The first kappa shape index (κ1) is 16.1. The highest BCUT2D eigenvalue weighted by Crippen LogP contribution is 2.33. The lowest BCUT2D eigenvalue weighted by atomic mass is 9.84. The van der Waals surface area contributed by atoms with Gasteiger partial charge in [0.05, 0.1) is 5.56 Å². The van der Waals surface area contributed by atoms with Crippen molar-refractivity contribution in [2.24, 2.45) is 5.92 Å². The first-order valence-electron chi connectivity index (χ1n) is 6.44. The van der Waals surface area contributed by atoms with E-state index in [0.717, 1.165) is 18.9 Å². The summed E-state index contributed by atoms with van der Waals surface area (Å²) in [6.07, 6.45) is -3.24. The SMILES string of the molecule is CN(CC1CC(Cl)C1)C(=O)c1ccc(F)c(C(F)(F)F)c1. The van der Waals surface area contributed by atoms with Crippen LogP contribution in [0.1, 0.15) is 28.8 Å². The summed E-state index contributed by atoms with van der Waals surface area (Å²) in [7, 11) is 1.51. The van der Waals surface area contributed by atoms with Crippen molar-refractivity contribution < 1.29 is 22.4 Å². The molecule has 1 amide bonds. The van der Waals surface area contributed by atoms with Crippen LogP contribution in [0.5, 0.6) is 0 Å². The number of rotatable bonds is 3. The van der Waals surface area contributed by atoms with E-state index >= 15 is 0 Å². The topological polar surface area (TPSA) is 20.3 Å². The second kappa shape index (κ2) is 5.83. The van der Waals surface area contributed by atoms with Crippen LogP contribution in [0.25, 0.3) is 0 Å². The summed E-state index contributed by atoms with van der Waals surface area (Å²) in [5, 5.41) is 0.112. The molecular weight excluding hydrogens is 310 g/mol.